The summed E-state index contributed by atoms with van der Waals surface area (Å²) in [6.45, 7) is 3.33. The summed E-state index contributed by atoms with van der Waals surface area (Å²) in [6, 6.07) is 6.67. The van der Waals surface area contributed by atoms with E-state index in [1.165, 1.54) is 26.3 Å². The largest absolute Gasteiger partial charge is 0.370 e. The van der Waals surface area contributed by atoms with Gasteiger partial charge >= 0.3 is 0 Å². The molecule has 0 atom stereocenters. The average molecular weight is 326 g/mol. The van der Waals surface area contributed by atoms with Crippen molar-refractivity contribution >= 4 is 16.0 Å². The first-order valence-electron chi connectivity index (χ1n) is 7.56. The number of benzene rings is 1. The molecular formula is C15H26N4O2S. The number of hydrogen-bond acceptors (Lipinski definition) is 3. The highest BCUT2D eigenvalue weighted by Gasteiger charge is 2.10. The number of nitrogens with two attached hydrogens (primary N) is 1. The Kier molecular flexibility index (Phi) is 7.90. The number of unbranched alkanes of at least 4 members (excludes halogenated alkanes) is 3. The molecule has 0 aliphatic rings. The molecule has 6 nitrogen and oxygen atoms in total. The normalized spacial score (nSPS) is 12.4. The maximum absolute atomic E-state index is 11.7. The number of rotatable bonds is 9. The van der Waals surface area contributed by atoms with Gasteiger partial charge in [0.2, 0.25) is 10.0 Å². The van der Waals surface area contributed by atoms with Crippen molar-refractivity contribution in [3.63, 3.8) is 0 Å². The number of guanidine groups is 1. The van der Waals surface area contributed by atoms with Gasteiger partial charge in [-0.25, -0.2) is 18.1 Å². The van der Waals surface area contributed by atoms with Crippen molar-refractivity contribution in [2.24, 2.45) is 10.7 Å². The van der Waals surface area contributed by atoms with E-state index in [0.717, 1.165) is 18.5 Å². The van der Waals surface area contributed by atoms with E-state index in [1.54, 1.807) is 18.2 Å². The lowest BCUT2D eigenvalue weighted by atomic mass is 10.2. The Bertz CT molecular complexity index is 585. The molecule has 4 N–H and O–H groups in total. The molecule has 124 valence electrons. The number of sulfonamides is 1. The second-order valence-electron chi connectivity index (χ2n) is 5.04. The topological polar surface area (TPSA) is 96.6 Å². The summed E-state index contributed by atoms with van der Waals surface area (Å²) in [6.07, 6.45) is 4.68. The molecule has 0 aliphatic heterocycles. The lowest BCUT2D eigenvalue weighted by Crippen LogP contribution is -2.32. The van der Waals surface area contributed by atoms with E-state index in [2.05, 4.69) is 22.0 Å². The third-order valence-electron chi connectivity index (χ3n) is 3.25. The van der Waals surface area contributed by atoms with Crippen LogP contribution in [0.1, 0.15) is 38.2 Å². The fourth-order valence-corrected chi connectivity index (χ4v) is 2.73. The quantitative estimate of drug-likeness (QED) is 0.365. The Labute approximate surface area is 133 Å². The SMILES string of the molecule is CCCCCCNC(N)=NCc1cccc(S(=O)(=O)NC)c1. The van der Waals surface area contributed by atoms with Gasteiger partial charge in [0.05, 0.1) is 11.4 Å². The van der Waals surface area contributed by atoms with Gasteiger partial charge in [0.25, 0.3) is 0 Å². The molecule has 0 saturated carbocycles. The molecule has 0 amide bonds. The van der Waals surface area contributed by atoms with Crippen molar-refractivity contribution in [1.29, 1.82) is 0 Å². The molecular weight excluding hydrogens is 300 g/mol. The fourth-order valence-electron chi connectivity index (χ4n) is 1.93. The van der Waals surface area contributed by atoms with Gasteiger partial charge < -0.3 is 11.1 Å². The molecule has 1 aromatic rings. The minimum absolute atomic E-state index is 0.230. The molecule has 0 saturated heterocycles. The summed E-state index contributed by atoms with van der Waals surface area (Å²) < 4.78 is 25.8. The summed E-state index contributed by atoms with van der Waals surface area (Å²) in [5, 5.41) is 3.06. The van der Waals surface area contributed by atoms with Gasteiger partial charge in [0.15, 0.2) is 5.96 Å². The van der Waals surface area contributed by atoms with Crippen molar-refractivity contribution in [3.05, 3.63) is 29.8 Å². The maximum atomic E-state index is 11.7. The molecule has 1 rings (SSSR count). The van der Waals surface area contributed by atoms with Crippen LogP contribution in [0.5, 0.6) is 0 Å². The van der Waals surface area contributed by atoms with E-state index in [9.17, 15) is 8.42 Å². The summed E-state index contributed by atoms with van der Waals surface area (Å²) in [4.78, 5) is 4.46. The average Bonchev–Trinajstić information content (AvgIpc) is 2.53. The van der Waals surface area contributed by atoms with E-state index < -0.39 is 10.0 Å². The Hall–Kier alpha value is -1.60. The minimum atomic E-state index is -3.43. The highest BCUT2D eigenvalue weighted by Crippen LogP contribution is 2.11. The van der Waals surface area contributed by atoms with Crippen LogP contribution in [0, 0.1) is 0 Å². The van der Waals surface area contributed by atoms with Gasteiger partial charge in [0, 0.05) is 6.54 Å². The van der Waals surface area contributed by atoms with Crippen LogP contribution >= 0.6 is 0 Å². The van der Waals surface area contributed by atoms with E-state index in [0.29, 0.717) is 12.5 Å². The standard InChI is InChI=1S/C15H26N4O2S/c1-3-4-5-6-10-18-15(16)19-12-13-8-7-9-14(11-13)22(20,21)17-2/h7-9,11,17H,3-6,10,12H2,1-2H3,(H3,16,18,19). The lowest BCUT2D eigenvalue weighted by Gasteiger charge is -2.06. The first-order chi connectivity index (χ1) is 10.5. The van der Waals surface area contributed by atoms with Crippen molar-refractivity contribution in [1.82, 2.24) is 10.0 Å². The predicted molar refractivity (Wildman–Crippen MR) is 90.2 cm³/mol. The van der Waals surface area contributed by atoms with Gasteiger partial charge in [-0.3, -0.25) is 0 Å². The molecule has 22 heavy (non-hydrogen) atoms. The number of nitrogens with one attached hydrogen (secondary N) is 2. The summed E-state index contributed by atoms with van der Waals surface area (Å²) >= 11 is 0. The van der Waals surface area contributed by atoms with E-state index >= 15 is 0 Å². The van der Waals surface area contributed by atoms with Gasteiger partial charge in [-0.15, -0.1) is 0 Å². The minimum Gasteiger partial charge on any atom is -0.370 e. The van der Waals surface area contributed by atoms with Crippen LogP contribution in [0.4, 0.5) is 0 Å². The van der Waals surface area contributed by atoms with Gasteiger partial charge in [-0.05, 0) is 31.2 Å². The molecule has 0 bridgehead atoms. The van der Waals surface area contributed by atoms with E-state index in [4.69, 9.17) is 5.73 Å². The first kappa shape index (κ1) is 18.4. The Balaban J connectivity index is 2.53. The molecule has 0 fully saturated rings. The molecule has 7 heteroatoms. The third-order valence-corrected chi connectivity index (χ3v) is 4.66. The zero-order valence-corrected chi connectivity index (χ0v) is 14.1. The smallest absolute Gasteiger partial charge is 0.240 e. The summed E-state index contributed by atoms with van der Waals surface area (Å²) in [5.41, 5.74) is 6.59. The zero-order valence-electron chi connectivity index (χ0n) is 13.3. The fraction of sp³-hybridized carbons (Fsp3) is 0.533. The van der Waals surface area contributed by atoms with Crippen LogP contribution in [0.25, 0.3) is 0 Å². The monoisotopic (exact) mass is 326 g/mol. The number of hydrogen-bond donors (Lipinski definition) is 3. The van der Waals surface area contributed by atoms with Crippen LogP contribution in [-0.4, -0.2) is 28.0 Å². The molecule has 1 aromatic carbocycles. The lowest BCUT2D eigenvalue weighted by molar-refractivity contribution is 0.588. The van der Waals surface area contributed by atoms with Crippen LogP contribution in [0.2, 0.25) is 0 Å². The highest BCUT2D eigenvalue weighted by molar-refractivity contribution is 7.89. The Morgan fingerprint density at radius 2 is 2.05 bits per heavy atom. The van der Waals surface area contributed by atoms with Gasteiger partial charge in [0.1, 0.15) is 0 Å². The van der Waals surface area contributed by atoms with Crippen molar-refractivity contribution in [2.75, 3.05) is 13.6 Å². The van der Waals surface area contributed by atoms with Gasteiger partial charge in [-0.2, -0.15) is 0 Å². The second kappa shape index (κ2) is 9.42. The van der Waals surface area contributed by atoms with E-state index in [-0.39, 0.29) is 4.90 Å². The third kappa shape index (κ3) is 6.44. The molecule has 0 aromatic heterocycles. The molecule has 0 radical (unpaired) electrons. The zero-order chi connectivity index (χ0) is 16.4. The Morgan fingerprint density at radius 1 is 1.27 bits per heavy atom. The predicted octanol–water partition coefficient (Wildman–Crippen LogP) is 1.58. The highest BCUT2D eigenvalue weighted by atomic mass is 32.2. The molecule has 0 heterocycles. The van der Waals surface area contributed by atoms with E-state index in [1.807, 2.05) is 6.07 Å². The Morgan fingerprint density at radius 3 is 2.73 bits per heavy atom. The van der Waals surface area contributed by atoms with Gasteiger partial charge in [-0.1, -0.05) is 38.3 Å². The van der Waals surface area contributed by atoms with Crippen LogP contribution in [-0.2, 0) is 16.6 Å². The number of aliphatic imine (C=N–C) groups is 1. The second-order valence-corrected chi connectivity index (χ2v) is 6.93. The van der Waals surface area contributed by atoms with Crippen molar-refractivity contribution in [2.45, 2.75) is 44.0 Å². The van der Waals surface area contributed by atoms with Crippen LogP contribution in [0.3, 0.4) is 0 Å². The van der Waals surface area contributed by atoms with Crippen molar-refractivity contribution in [3.8, 4) is 0 Å². The van der Waals surface area contributed by atoms with Crippen LogP contribution < -0.4 is 15.8 Å². The maximum Gasteiger partial charge on any atom is 0.240 e. The molecule has 0 aliphatic carbocycles. The van der Waals surface area contributed by atoms with Crippen LogP contribution in [0.15, 0.2) is 34.2 Å². The van der Waals surface area contributed by atoms with Crippen molar-refractivity contribution < 1.29 is 8.42 Å². The molecule has 0 unspecified atom stereocenters. The summed E-state index contributed by atoms with van der Waals surface area (Å²) in [5.74, 6) is 0.387. The molecule has 0 spiro atoms. The first-order valence-corrected chi connectivity index (χ1v) is 9.04. The number of nitrogens with zero attached hydrogens (tertiary/aromatic N) is 1. The summed E-state index contributed by atoms with van der Waals surface area (Å²) in [7, 11) is -2.04.